The van der Waals surface area contributed by atoms with Crippen LogP contribution < -0.4 is 14.7 Å². The Kier molecular flexibility index (Phi) is 9.99. The number of benzene rings is 2. The van der Waals surface area contributed by atoms with Gasteiger partial charge in [0.05, 0.1) is 0 Å². The summed E-state index contributed by atoms with van der Waals surface area (Å²) in [6.07, 6.45) is 8.01. The topological polar surface area (TPSA) is 18.5 Å². The van der Waals surface area contributed by atoms with Crippen LogP contribution in [0.2, 0.25) is 26.4 Å². The van der Waals surface area contributed by atoms with E-state index in [4.69, 9.17) is 9.47 Å². The molecular weight excluding hydrogens is 527 g/mol. The standard InChI is InChI=1S/C17H17O2Si.3C4H9.Sn/c1-20(2,15-6-4-3-5-7-15)11-10-14-8-9-16-17(12-14)19-13-18-16;3*1-3-4-2;/h3-9,11-12H,13H2,1-2H3;3*1,3-4H2,2H3;. The number of hydrogen-bond acceptors (Lipinski definition) is 2. The van der Waals surface area contributed by atoms with Gasteiger partial charge in [-0.05, 0) is 0 Å². The van der Waals surface area contributed by atoms with Gasteiger partial charge in [0.1, 0.15) is 0 Å². The molecule has 0 fully saturated rings. The molecule has 3 rings (SSSR count). The van der Waals surface area contributed by atoms with Gasteiger partial charge in [0.2, 0.25) is 0 Å². The molecule has 1 aliphatic rings. The average Bonchev–Trinajstić information content (AvgIpc) is 3.31. The molecule has 0 spiro atoms. The third-order valence-corrected chi connectivity index (χ3v) is 26.7. The van der Waals surface area contributed by atoms with Gasteiger partial charge in [0.15, 0.2) is 0 Å². The fourth-order valence-corrected chi connectivity index (χ4v) is 28.8. The van der Waals surface area contributed by atoms with E-state index < -0.39 is 26.5 Å². The van der Waals surface area contributed by atoms with E-state index >= 15 is 0 Å². The van der Waals surface area contributed by atoms with Crippen LogP contribution >= 0.6 is 0 Å². The second-order valence-electron chi connectivity index (χ2n) is 10.3. The molecule has 0 atom stereocenters. The van der Waals surface area contributed by atoms with E-state index in [0.29, 0.717) is 6.79 Å². The second kappa shape index (κ2) is 12.5. The molecule has 2 nitrogen and oxygen atoms in total. The van der Waals surface area contributed by atoms with Gasteiger partial charge >= 0.3 is 208 Å². The summed E-state index contributed by atoms with van der Waals surface area (Å²) in [7, 11) is -1.76. The summed E-state index contributed by atoms with van der Waals surface area (Å²) in [4.78, 5) is 0. The minimum absolute atomic E-state index is 0.345. The van der Waals surface area contributed by atoms with Gasteiger partial charge in [0.25, 0.3) is 0 Å². The molecule has 0 saturated carbocycles. The van der Waals surface area contributed by atoms with Crippen LogP contribution in [0.15, 0.2) is 54.2 Å². The Balaban J connectivity index is 2.19. The van der Waals surface area contributed by atoms with Crippen molar-refractivity contribution in [2.24, 2.45) is 0 Å². The van der Waals surface area contributed by atoms with E-state index in [9.17, 15) is 0 Å². The number of ether oxygens (including phenoxy) is 2. The Morgan fingerprint density at radius 1 is 0.818 bits per heavy atom. The van der Waals surface area contributed by atoms with Gasteiger partial charge in [-0.2, -0.15) is 0 Å². The van der Waals surface area contributed by atoms with E-state index in [1.807, 2.05) is 0 Å². The van der Waals surface area contributed by atoms with Crippen molar-refractivity contribution in [3.63, 3.8) is 0 Å². The van der Waals surface area contributed by atoms with Gasteiger partial charge in [-0.1, -0.05) is 0 Å². The van der Waals surface area contributed by atoms with Gasteiger partial charge in [0, 0.05) is 0 Å². The molecule has 0 bridgehead atoms. The average molecular weight is 571 g/mol. The molecular formula is C29H44O2SiSn. The van der Waals surface area contributed by atoms with Gasteiger partial charge in [-0.25, -0.2) is 0 Å². The fourth-order valence-electron chi connectivity index (χ4n) is 5.24. The Bertz CT molecular complexity index is 885. The summed E-state index contributed by atoms with van der Waals surface area (Å²) < 4.78 is 17.7. The molecule has 33 heavy (non-hydrogen) atoms. The quantitative estimate of drug-likeness (QED) is 0.225. The van der Waals surface area contributed by atoms with Crippen LogP contribution in [-0.4, -0.2) is 33.2 Å². The Labute approximate surface area is 207 Å². The molecule has 2 aromatic rings. The van der Waals surface area contributed by atoms with Crippen molar-refractivity contribution in [2.75, 3.05) is 6.79 Å². The molecule has 0 saturated heterocycles. The summed E-state index contributed by atoms with van der Waals surface area (Å²) in [6.45, 7) is 12.5. The summed E-state index contributed by atoms with van der Waals surface area (Å²) in [5.74, 6) is 1.83. The Morgan fingerprint density at radius 2 is 1.39 bits per heavy atom. The van der Waals surface area contributed by atoms with E-state index in [-0.39, 0.29) is 0 Å². The van der Waals surface area contributed by atoms with Crippen molar-refractivity contribution >= 4 is 35.2 Å². The first-order chi connectivity index (χ1) is 16.0. The zero-order chi connectivity index (χ0) is 23.7. The van der Waals surface area contributed by atoms with Crippen molar-refractivity contribution in [1.82, 2.24) is 0 Å². The van der Waals surface area contributed by atoms with Crippen LogP contribution in [0.5, 0.6) is 11.5 Å². The molecule has 1 aliphatic heterocycles. The monoisotopic (exact) mass is 572 g/mol. The number of fused-ring (bicyclic) bond motifs is 1. The molecule has 0 N–H and O–H groups in total. The zero-order valence-electron chi connectivity index (χ0n) is 21.6. The summed E-state index contributed by atoms with van der Waals surface area (Å²) in [6, 6.07) is 18.0. The van der Waals surface area contributed by atoms with Crippen LogP contribution in [0, 0.1) is 0 Å². The predicted molar refractivity (Wildman–Crippen MR) is 149 cm³/mol. The van der Waals surface area contributed by atoms with Crippen molar-refractivity contribution in [1.29, 1.82) is 0 Å². The van der Waals surface area contributed by atoms with Crippen LogP contribution in [0.1, 0.15) is 64.9 Å². The molecule has 0 radical (unpaired) electrons. The van der Waals surface area contributed by atoms with Crippen molar-refractivity contribution < 1.29 is 9.47 Å². The number of unbranched alkanes of at least 4 members (excludes halogenated alkanes) is 3. The predicted octanol–water partition coefficient (Wildman–Crippen LogP) is 8.34. The first-order valence-electron chi connectivity index (χ1n) is 13.1. The van der Waals surface area contributed by atoms with Gasteiger partial charge in [-0.3, -0.25) is 0 Å². The van der Waals surface area contributed by atoms with Crippen LogP contribution in [0.3, 0.4) is 0 Å². The first kappa shape index (κ1) is 26.4. The molecule has 0 aromatic heterocycles. The SMILES string of the molecule is CCC[CH2][Sn]([CH2]CCC)([CH2]CCC)/[C](=C/[Si](C)(C)c1ccccc1)c1ccc2c(c1)OCO2. The van der Waals surface area contributed by atoms with Crippen LogP contribution in [-0.2, 0) is 0 Å². The molecule has 0 unspecified atom stereocenters. The maximum absolute atomic E-state index is 5.85. The van der Waals surface area contributed by atoms with E-state index in [1.165, 1.54) is 62.6 Å². The van der Waals surface area contributed by atoms with E-state index in [0.717, 1.165) is 11.5 Å². The minimum atomic E-state index is -2.69. The third kappa shape index (κ3) is 6.69. The maximum atomic E-state index is 5.85. The second-order valence-corrected chi connectivity index (χ2v) is 27.7. The Hall–Kier alpha value is -1.20. The number of rotatable bonds is 13. The first-order valence-corrected chi connectivity index (χ1v) is 23.7. The summed E-state index contributed by atoms with van der Waals surface area (Å²) in [5, 5.41) is 1.53. The van der Waals surface area contributed by atoms with E-state index in [1.54, 1.807) is 3.59 Å². The summed E-state index contributed by atoms with van der Waals surface area (Å²) in [5.41, 5.74) is 4.24. The van der Waals surface area contributed by atoms with Gasteiger partial charge in [-0.15, -0.1) is 0 Å². The molecule has 180 valence electrons. The molecule has 0 aliphatic carbocycles. The summed E-state index contributed by atoms with van der Waals surface area (Å²) >= 11 is -2.69. The third-order valence-electron chi connectivity index (χ3n) is 7.30. The van der Waals surface area contributed by atoms with Crippen LogP contribution in [0.25, 0.3) is 3.59 Å². The molecule has 2 aromatic carbocycles. The molecule has 4 heteroatoms. The number of hydrogen-bond donors (Lipinski definition) is 0. The molecule has 0 amide bonds. The van der Waals surface area contributed by atoms with Gasteiger partial charge < -0.3 is 0 Å². The zero-order valence-corrected chi connectivity index (χ0v) is 25.4. The van der Waals surface area contributed by atoms with Crippen molar-refractivity contribution in [3.05, 3.63) is 59.8 Å². The normalized spacial score (nSPS) is 14.0. The fraction of sp³-hybridized carbons (Fsp3) is 0.517. The Morgan fingerprint density at radius 3 is 1.97 bits per heavy atom. The van der Waals surface area contributed by atoms with Crippen molar-refractivity contribution in [3.8, 4) is 11.5 Å². The van der Waals surface area contributed by atoms with Crippen molar-refractivity contribution in [2.45, 2.75) is 85.7 Å². The van der Waals surface area contributed by atoms with Crippen LogP contribution in [0.4, 0.5) is 0 Å². The van der Waals surface area contributed by atoms with E-state index in [2.05, 4.69) is 88.1 Å². The molecule has 1 heterocycles.